The molecule has 2 aromatic heterocycles. The molecule has 0 spiro atoms. The Morgan fingerprint density at radius 3 is 2.53 bits per heavy atom. The Labute approximate surface area is 107 Å². The zero-order chi connectivity index (χ0) is 12.4. The van der Waals surface area contributed by atoms with Gasteiger partial charge in [0.2, 0.25) is 0 Å². The van der Waals surface area contributed by atoms with Crippen molar-refractivity contribution in [1.82, 2.24) is 19.5 Å². The summed E-state index contributed by atoms with van der Waals surface area (Å²) < 4.78 is 1.80. The number of anilines is 2. The van der Waals surface area contributed by atoms with Crippen molar-refractivity contribution in [3.05, 3.63) is 23.2 Å². The smallest absolute Gasteiger partial charge is 0.191 e. The van der Waals surface area contributed by atoms with Crippen molar-refractivity contribution in [2.45, 2.75) is 10.9 Å². The van der Waals surface area contributed by atoms with Crippen LogP contribution in [0.2, 0.25) is 5.15 Å². The first kappa shape index (κ1) is 12.0. The van der Waals surface area contributed by atoms with Gasteiger partial charge < -0.3 is 16.0 Å². The maximum absolute atomic E-state index is 5.88. The summed E-state index contributed by atoms with van der Waals surface area (Å²) >= 11 is 7.29. The number of rotatable bonds is 3. The zero-order valence-corrected chi connectivity index (χ0v) is 10.7. The third-order valence-corrected chi connectivity index (χ3v) is 3.30. The second kappa shape index (κ2) is 4.80. The number of hydrogen-bond acceptors (Lipinski definition) is 6. The van der Waals surface area contributed by atoms with Gasteiger partial charge in [-0.1, -0.05) is 23.4 Å². The fourth-order valence-corrected chi connectivity index (χ4v) is 2.23. The molecule has 4 N–H and O–H groups in total. The van der Waals surface area contributed by atoms with E-state index >= 15 is 0 Å². The van der Waals surface area contributed by atoms with Gasteiger partial charge in [-0.2, -0.15) is 0 Å². The molecule has 0 aliphatic rings. The van der Waals surface area contributed by atoms with Crippen LogP contribution in [-0.4, -0.2) is 19.5 Å². The summed E-state index contributed by atoms with van der Waals surface area (Å²) in [7, 11) is 1.85. The minimum Gasteiger partial charge on any atom is -0.383 e. The number of hydrogen-bond donors (Lipinski definition) is 2. The van der Waals surface area contributed by atoms with Crippen molar-refractivity contribution in [1.29, 1.82) is 0 Å². The topological polar surface area (TPSA) is 95.6 Å². The van der Waals surface area contributed by atoms with Crippen LogP contribution in [0.3, 0.4) is 0 Å². The van der Waals surface area contributed by atoms with Crippen LogP contribution in [0.4, 0.5) is 11.6 Å². The molecular weight excluding hydrogens is 260 g/mol. The second-order valence-corrected chi connectivity index (χ2v) is 4.67. The molecule has 0 unspecified atom stereocenters. The number of nitrogen functional groups attached to an aromatic ring is 2. The van der Waals surface area contributed by atoms with Gasteiger partial charge in [-0.25, -0.2) is 15.0 Å². The van der Waals surface area contributed by atoms with Gasteiger partial charge in [0.15, 0.2) is 5.16 Å². The van der Waals surface area contributed by atoms with Crippen LogP contribution in [0.1, 0.15) is 5.82 Å². The Balaban J connectivity index is 2.09. The summed E-state index contributed by atoms with van der Waals surface area (Å²) in [5, 5.41) is 1.12. The van der Waals surface area contributed by atoms with E-state index in [1.807, 2.05) is 7.05 Å². The lowest BCUT2D eigenvalue weighted by Crippen LogP contribution is -2.00. The number of halogens is 1. The molecule has 0 saturated heterocycles. The van der Waals surface area contributed by atoms with Gasteiger partial charge in [0, 0.05) is 13.1 Å². The Morgan fingerprint density at radius 1 is 1.35 bits per heavy atom. The third kappa shape index (κ3) is 2.80. The molecule has 0 aromatic carbocycles. The highest BCUT2D eigenvalue weighted by atomic mass is 35.5. The van der Waals surface area contributed by atoms with Gasteiger partial charge in [-0.05, 0) is 0 Å². The predicted molar refractivity (Wildman–Crippen MR) is 68.6 cm³/mol. The minimum atomic E-state index is 0.359. The monoisotopic (exact) mass is 270 g/mol. The van der Waals surface area contributed by atoms with E-state index in [4.69, 9.17) is 23.1 Å². The summed E-state index contributed by atoms with van der Waals surface area (Å²) in [5.74, 6) is 2.16. The van der Waals surface area contributed by atoms with Gasteiger partial charge >= 0.3 is 0 Å². The first-order valence-corrected chi connectivity index (χ1v) is 6.11. The van der Waals surface area contributed by atoms with Crippen LogP contribution in [0.15, 0.2) is 17.4 Å². The molecule has 2 heterocycles. The molecule has 0 radical (unpaired) electrons. The van der Waals surface area contributed by atoms with Crippen molar-refractivity contribution in [2.75, 3.05) is 11.5 Å². The molecule has 8 heteroatoms. The number of thioether (sulfide) groups is 1. The van der Waals surface area contributed by atoms with E-state index in [1.165, 1.54) is 17.8 Å². The first-order valence-electron chi connectivity index (χ1n) is 4.75. The standard InChI is InChI=1S/C9H11ClN6S/c1-16-5(10)3-13-8(16)4-17-9-14-6(11)2-7(12)15-9/h2-3H,4H2,1H3,(H4,11,12,14,15). The lowest BCUT2D eigenvalue weighted by Gasteiger charge is -2.03. The number of imidazole rings is 1. The summed E-state index contributed by atoms with van der Waals surface area (Å²) in [6.45, 7) is 0. The second-order valence-electron chi connectivity index (χ2n) is 3.35. The maximum atomic E-state index is 5.88. The van der Waals surface area contributed by atoms with Gasteiger partial charge in [-0.15, -0.1) is 0 Å². The normalized spacial score (nSPS) is 10.7. The highest BCUT2D eigenvalue weighted by molar-refractivity contribution is 7.98. The van der Waals surface area contributed by atoms with Crippen LogP contribution in [-0.2, 0) is 12.8 Å². The van der Waals surface area contributed by atoms with Gasteiger partial charge in [0.1, 0.15) is 22.6 Å². The molecule has 17 heavy (non-hydrogen) atoms. The van der Waals surface area contributed by atoms with Crippen molar-refractivity contribution in [3.8, 4) is 0 Å². The molecular formula is C9H11ClN6S. The molecule has 2 rings (SSSR count). The van der Waals surface area contributed by atoms with Crippen LogP contribution in [0, 0.1) is 0 Å². The molecule has 0 fully saturated rings. The largest absolute Gasteiger partial charge is 0.383 e. The summed E-state index contributed by atoms with van der Waals surface area (Å²) in [4.78, 5) is 12.3. The third-order valence-electron chi connectivity index (χ3n) is 2.10. The van der Waals surface area contributed by atoms with E-state index in [0.717, 1.165) is 5.82 Å². The molecule has 0 atom stereocenters. The zero-order valence-electron chi connectivity index (χ0n) is 9.09. The molecule has 2 aromatic rings. The van der Waals surface area contributed by atoms with Gasteiger partial charge in [0.05, 0.1) is 11.9 Å². The van der Waals surface area contributed by atoms with E-state index in [1.54, 1.807) is 10.8 Å². The van der Waals surface area contributed by atoms with E-state index in [9.17, 15) is 0 Å². The molecule has 0 aliphatic heterocycles. The quantitative estimate of drug-likeness (QED) is 0.645. The molecule has 90 valence electrons. The molecule has 0 aliphatic carbocycles. The van der Waals surface area contributed by atoms with Crippen molar-refractivity contribution < 1.29 is 0 Å². The van der Waals surface area contributed by atoms with E-state index < -0.39 is 0 Å². The molecule has 0 bridgehead atoms. The molecule has 0 saturated carbocycles. The van der Waals surface area contributed by atoms with Crippen molar-refractivity contribution >= 4 is 35.0 Å². The van der Waals surface area contributed by atoms with E-state index in [-0.39, 0.29) is 0 Å². The number of nitrogens with zero attached hydrogens (tertiary/aromatic N) is 4. The summed E-state index contributed by atoms with van der Waals surface area (Å²) in [6.07, 6.45) is 1.60. The lowest BCUT2D eigenvalue weighted by atomic mass is 10.5. The SMILES string of the molecule is Cn1c(Cl)cnc1CSc1nc(N)cc(N)n1. The Bertz CT molecular complexity index is 520. The summed E-state index contributed by atoms with van der Waals surface area (Å²) in [5.41, 5.74) is 11.2. The average molecular weight is 271 g/mol. The van der Waals surface area contributed by atoms with Crippen molar-refractivity contribution in [3.63, 3.8) is 0 Å². The van der Waals surface area contributed by atoms with E-state index in [2.05, 4.69) is 15.0 Å². The Kier molecular flexibility index (Phi) is 3.39. The van der Waals surface area contributed by atoms with Crippen LogP contribution in [0.5, 0.6) is 0 Å². The Morgan fingerprint density at radius 2 is 2.00 bits per heavy atom. The fraction of sp³-hybridized carbons (Fsp3) is 0.222. The average Bonchev–Trinajstić information content (AvgIpc) is 2.56. The fourth-order valence-electron chi connectivity index (χ4n) is 1.21. The first-order chi connectivity index (χ1) is 8.06. The van der Waals surface area contributed by atoms with E-state index in [0.29, 0.717) is 27.7 Å². The Hall–Kier alpha value is -1.47. The van der Waals surface area contributed by atoms with Crippen LogP contribution >= 0.6 is 23.4 Å². The predicted octanol–water partition coefficient (Wildman–Crippen LogP) is 1.32. The molecule has 6 nitrogen and oxygen atoms in total. The maximum Gasteiger partial charge on any atom is 0.191 e. The highest BCUT2D eigenvalue weighted by Gasteiger charge is 2.07. The highest BCUT2D eigenvalue weighted by Crippen LogP contribution is 2.21. The lowest BCUT2D eigenvalue weighted by molar-refractivity contribution is 0.847. The molecule has 0 amide bonds. The van der Waals surface area contributed by atoms with Crippen molar-refractivity contribution in [2.24, 2.45) is 7.05 Å². The number of nitrogens with two attached hydrogens (primary N) is 2. The van der Waals surface area contributed by atoms with Gasteiger partial charge in [-0.3, -0.25) is 0 Å². The van der Waals surface area contributed by atoms with Crippen LogP contribution < -0.4 is 11.5 Å². The van der Waals surface area contributed by atoms with Gasteiger partial charge in [0.25, 0.3) is 0 Å². The van der Waals surface area contributed by atoms with Crippen LogP contribution in [0.25, 0.3) is 0 Å². The number of aromatic nitrogens is 4. The summed E-state index contributed by atoms with van der Waals surface area (Å²) in [6, 6.07) is 1.52. The minimum absolute atomic E-state index is 0.359.